The van der Waals surface area contributed by atoms with Crippen molar-refractivity contribution in [2.75, 3.05) is 5.75 Å². The number of halogens is 3. The number of fused-ring (bicyclic) bond motifs is 1. The molecule has 0 atom stereocenters. The quantitative estimate of drug-likeness (QED) is 0.811. The van der Waals surface area contributed by atoms with Crippen molar-refractivity contribution in [2.24, 2.45) is 5.10 Å². The minimum atomic E-state index is -4.57. The molecule has 0 spiro atoms. The predicted octanol–water partition coefficient (Wildman–Crippen LogP) is 3.27. The summed E-state index contributed by atoms with van der Waals surface area (Å²) in [5.74, 6) is -0.621. The number of aromatic nitrogens is 3. The Balaban J connectivity index is 2.07. The molecule has 0 amide bonds. The normalized spacial score (nSPS) is 14.8. The van der Waals surface area contributed by atoms with Gasteiger partial charge in [0.25, 0.3) is 5.82 Å². The van der Waals surface area contributed by atoms with Crippen LogP contribution in [0.25, 0.3) is 0 Å². The number of thioether (sulfide) groups is 1. The van der Waals surface area contributed by atoms with Crippen LogP contribution in [-0.2, 0) is 6.18 Å². The van der Waals surface area contributed by atoms with Gasteiger partial charge in [-0.15, -0.1) is 10.2 Å². The van der Waals surface area contributed by atoms with E-state index in [1.807, 2.05) is 32.0 Å². The van der Waals surface area contributed by atoms with E-state index in [4.69, 9.17) is 0 Å². The molecule has 0 unspecified atom stereocenters. The number of alkyl halides is 3. The molecule has 3 rings (SSSR count). The molecule has 2 heterocycles. The Morgan fingerprint density at radius 2 is 1.90 bits per heavy atom. The number of nitrogens with zero attached hydrogens (tertiary/aromatic N) is 4. The van der Waals surface area contributed by atoms with Crippen molar-refractivity contribution < 1.29 is 13.2 Å². The van der Waals surface area contributed by atoms with Gasteiger partial charge in [0.2, 0.25) is 5.16 Å². The van der Waals surface area contributed by atoms with E-state index in [-0.39, 0.29) is 5.16 Å². The highest BCUT2D eigenvalue weighted by atomic mass is 32.2. The van der Waals surface area contributed by atoms with Crippen molar-refractivity contribution >= 4 is 17.5 Å². The van der Waals surface area contributed by atoms with Crippen molar-refractivity contribution in [1.29, 1.82) is 0 Å². The Morgan fingerprint density at radius 3 is 2.57 bits per heavy atom. The van der Waals surface area contributed by atoms with Crippen LogP contribution < -0.4 is 0 Å². The second kappa shape index (κ2) is 4.87. The van der Waals surface area contributed by atoms with E-state index < -0.39 is 12.0 Å². The molecule has 0 fully saturated rings. The van der Waals surface area contributed by atoms with Gasteiger partial charge in [-0.25, -0.2) is 0 Å². The average Bonchev–Trinajstić information content (AvgIpc) is 2.84. The Morgan fingerprint density at radius 1 is 1.14 bits per heavy atom. The first-order valence-corrected chi connectivity index (χ1v) is 7.15. The van der Waals surface area contributed by atoms with Crippen LogP contribution in [0.4, 0.5) is 13.2 Å². The molecule has 0 aliphatic carbocycles. The summed E-state index contributed by atoms with van der Waals surface area (Å²) in [4.78, 5) is 0. The zero-order valence-corrected chi connectivity index (χ0v) is 12.1. The van der Waals surface area contributed by atoms with E-state index in [2.05, 4.69) is 15.3 Å². The minimum absolute atomic E-state index is 0.162. The summed E-state index contributed by atoms with van der Waals surface area (Å²) in [6.07, 6.45) is -4.57. The number of aryl methyl sites for hydroxylation is 2. The number of hydrogen-bond donors (Lipinski definition) is 0. The van der Waals surface area contributed by atoms with Crippen LogP contribution >= 0.6 is 11.8 Å². The molecule has 1 aliphatic heterocycles. The van der Waals surface area contributed by atoms with Crippen LogP contribution in [0.3, 0.4) is 0 Å². The van der Waals surface area contributed by atoms with Crippen LogP contribution in [0.5, 0.6) is 0 Å². The van der Waals surface area contributed by atoms with Gasteiger partial charge in [-0.3, -0.25) is 0 Å². The smallest absolute Gasteiger partial charge is 0.182 e. The highest BCUT2D eigenvalue weighted by Crippen LogP contribution is 2.32. The lowest BCUT2D eigenvalue weighted by Gasteiger charge is -2.15. The SMILES string of the molecule is Cc1ccc(C2=Nn3c(nnc3C(F)(F)F)SC2)cc1C. The first-order chi connectivity index (χ1) is 9.86. The second-order valence-corrected chi connectivity index (χ2v) is 5.69. The largest absolute Gasteiger partial charge is 0.453 e. The summed E-state index contributed by atoms with van der Waals surface area (Å²) in [7, 11) is 0. The fourth-order valence-electron chi connectivity index (χ4n) is 1.97. The molecule has 8 heteroatoms. The summed E-state index contributed by atoms with van der Waals surface area (Å²) in [6, 6.07) is 5.73. The van der Waals surface area contributed by atoms with Gasteiger partial charge in [-0.1, -0.05) is 23.9 Å². The van der Waals surface area contributed by atoms with Gasteiger partial charge in [0.1, 0.15) is 0 Å². The fraction of sp³-hybridized carbons (Fsp3) is 0.308. The van der Waals surface area contributed by atoms with Crippen molar-refractivity contribution in [3.8, 4) is 0 Å². The van der Waals surface area contributed by atoms with Crippen LogP contribution in [0.2, 0.25) is 0 Å². The second-order valence-electron chi connectivity index (χ2n) is 4.75. The number of rotatable bonds is 1. The van der Waals surface area contributed by atoms with Crippen LogP contribution in [0, 0.1) is 13.8 Å². The predicted molar refractivity (Wildman–Crippen MR) is 73.6 cm³/mol. The molecule has 21 heavy (non-hydrogen) atoms. The van der Waals surface area contributed by atoms with E-state index in [0.29, 0.717) is 11.5 Å². The summed E-state index contributed by atoms with van der Waals surface area (Å²) < 4.78 is 39.3. The molecule has 0 saturated carbocycles. The van der Waals surface area contributed by atoms with Crippen molar-refractivity contribution in [3.63, 3.8) is 0 Å². The summed E-state index contributed by atoms with van der Waals surface area (Å²) >= 11 is 1.20. The van der Waals surface area contributed by atoms with Crippen molar-refractivity contribution in [2.45, 2.75) is 25.2 Å². The Labute approximate surface area is 123 Å². The average molecular weight is 312 g/mol. The minimum Gasteiger partial charge on any atom is -0.182 e. The standard InChI is InChI=1S/C13H11F3N4S/c1-7-3-4-9(5-8(7)2)10-6-21-12-18-17-11(13(14,15)16)20(12)19-10/h3-5H,6H2,1-2H3. The van der Waals surface area contributed by atoms with Gasteiger partial charge in [0, 0.05) is 5.75 Å². The van der Waals surface area contributed by atoms with Gasteiger partial charge in [-0.2, -0.15) is 22.9 Å². The van der Waals surface area contributed by atoms with Gasteiger partial charge in [0.05, 0.1) is 5.71 Å². The van der Waals surface area contributed by atoms with Crippen LogP contribution in [-0.4, -0.2) is 26.3 Å². The zero-order chi connectivity index (χ0) is 15.2. The third-order valence-electron chi connectivity index (χ3n) is 3.26. The summed E-state index contributed by atoms with van der Waals surface area (Å²) in [5, 5.41) is 11.0. The zero-order valence-electron chi connectivity index (χ0n) is 11.3. The first-order valence-electron chi connectivity index (χ1n) is 6.17. The lowest BCUT2D eigenvalue weighted by atomic mass is 10.0. The highest BCUT2D eigenvalue weighted by molar-refractivity contribution is 7.99. The van der Waals surface area contributed by atoms with Gasteiger partial charge in [-0.05, 0) is 36.6 Å². The maximum Gasteiger partial charge on any atom is 0.453 e. The molecule has 110 valence electrons. The molecular weight excluding hydrogens is 301 g/mol. The summed E-state index contributed by atoms with van der Waals surface area (Å²) in [5.41, 5.74) is 3.61. The third-order valence-corrected chi connectivity index (χ3v) is 4.20. The molecule has 0 radical (unpaired) electrons. The maximum absolute atomic E-state index is 12.9. The van der Waals surface area contributed by atoms with Gasteiger partial charge in [0.15, 0.2) is 0 Å². The van der Waals surface area contributed by atoms with Gasteiger partial charge < -0.3 is 0 Å². The van der Waals surface area contributed by atoms with E-state index >= 15 is 0 Å². The lowest BCUT2D eigenvalue weighted by Crippen LogP contribution is -2.18. The molecular formula is C13H11F3N4S. The van der Waals surface area contributed by atoms with E-state index in [9.17, 15) is 13.2 Å². The summed E-state index contributed by atoms with van der Waals surface area (Å²) in [6.45, 7) is 3.94. The Kier molecular flexibility index (Phi) is 3.27. The molecule has 0 saturated heterocycles. The van der Waals surface area contributed by atoms with Crippen molar-refractivity contribution in [1.82, 2.24) is 14.9 Å². The molecule has 4 nitrogen and oxygen atoms in total. The van der Waals surface area contributed by atoms with E-state index in [1.54, 1.807) is 0 Å². The third kappa shape index (κ3) is 2.55. The molecule has 1 aromatic heterocycles. The van der Waals surface area contributed by atoms with Crippen LogP contribution in [0.1, 0.15) is 22.5 Å². The highest BCUT2D eigenvalue weighted by Gasteiger charge is 2.39. The van der Waals surface area contributed by atoms with E-state index in [1.165, 1.54) is 11.8 Å². The topological polar surface area (TPSA) is 43.1 Å². The van der Waals surface area contributed by atoms with Crippen molar-refractivity contribution in [3.05, 3.63) is 40.7 Å². The van der Waals surface area contributed by atoms with Crippen LogP contribution in [0.15, 0.2) is 28.5 Å². The Bertz CT molecular complexity index is 734. The Hall–Kier alpha value is -1.83. The first kappa shape index (κ1) is 14.1. The molecule has 1 aliphatic rings. The molecule has 0 N–H and O–H groups in total. The van der Waals surface area contributed by atoms with Gasteiger partial charge >= 0.3 is 6.18 Å². The monoisotopic (exact) mass is 312 g/mol. The maximum atomic E-state index is 12.9. The molecule has 1 aromatic carbocycles. The van der Waals surface area contributed by atoms with E-state index in [0.717, 1.165) is 21.4 Å². The fourth-order valence-corrected chi connectivity index (χ4v) is 2.81. The number of benzene rings is 1. The number of hydrogen-bond acceptors (Lipinski definition) is 4. The molecule has 2 aromatic rings. The molecule has 0 bridgehead atoms. The lowest BCUT2D eigenvalue weighted by molar-refractivity contribution is -0.147.